The van der Waals surface area contributed by atoms with Crippen LogP contribution in [0.4, 0.5) is 0 Å². The minimum absolute atomic E-state index is 0.417. The fourth-order valence-corrected chi connectivity index (χ4v) is 3.11. The van der Waals surface area contributed by atoms with E-state index in [9.17, 15) is 0 Å². The number of imidazole rings is 1. The predicted molar refractivity (Wildman–Crippen MR) is 83.8 cm³/mol. The van der Waals surface area contributed by atoms with Crippen LogP contribution in [0.15, 0.2) is 29.0 Å². The van der Waals surface area contributed by atoms with Crippen LogP contribution in [0.25, 0.3) is 5.69 Å². The number of fused-ring (bicyclic) bond motifs is 1. The molecule has 0 unspecified atom stereocenters. The van der Waals surface area contributed by atoms with Crippen molar-refractivity contribution in [2.24, 2.45) is 5.73 Å². The number of benzene rings is 1. The summed E-state index contributed by atoms with van der Waals surface area (Å²) in [5.74, 6) is 0. The molecule has 0 saturated heterocycles. The molecule has 0 spiro atoms. The largest absolute Gasteiger partial charge is 0.389 e. The van der Waals surface area contributed by atoms with Crippen molar-refractivity contribution in [3.63, 3.8) is 0 Å². The van der Waals surface area contributed by atoms with Crippen LogP contribution in [-0.2, 0) is 12.8 Å². The van der Waals surface area contributed by atoms with Gasteiger partial charge >= 0.3 is 0 Å². The van der Waals surface area contributed by atoms with E-state index in [1.165, 1.54) is 24.2 Å². The van der Waals surface area contributed by atoms with Gasteiger partial charge in [0, 0.05) is 15.7 Å². The van der Waals surface area contributed by atoms with Crippen LogP contribution in [0.2, 0.25) is 0 Å². The van der Waals surface area contributed by atoms with Gasteiger partial charge in [-0.25, -0.2) is 4.98 Å². The fourth-order valence-electron chi connectivity index (χ4n) is 2.59. The standard InChI is InChI=1S/C14H14BrN3S/c15-9-5-6-10(14(16)19)13(7-9)18-8-17-11-3-1-2-4-12(11)18/h5-8H,1-4H2,(H2,16,19). The zero-order chi connectivity index (χ0) is 13.4. The van der Waals surface area contributed by atoms with Gasteiger partial charge in [-0.2, -0.15) is 0 Å². The maximum absolute atomic E-state index is 5.83. The van der Waals surface area contributed by atoms with E-state index >= 15 is 0 Å². The lowest BCUT2D eigenvalue weighted by Gasteiger charge is -2.16. The molecule has 0 fully saturated rings. The number of aryl methyl sites for hydroxylation is 1. The molecule has 3 rings (SSSR count). The van der Waals surface area contributed by atoms with E-state index in [4.69, 9.17) is 18.0 Å². The Morgan fingerprint density at radius 2 is 2.11 bits per heavy atom. The Kier molecular flexibility index (Phi) is 3.41. The second-order valence-electron chi connectivity index (χ2n) is 4.74. The van der Waals surface area contributed by atoms with Crippen LogP contribution in [0.3, 0.4) is 0 Å². The number of rotatable bonds is 2. The van der Waals surface area contributed by atoms with E-state index in [-0.39, 0.29) is 0 Å². The molecule has 5 heteroatoms. The molecule has 3 nitrogen and oxygen atoms in total. The topological polar surface area (TPSA) is 43.8 Å². The van der Waals surface area contributed by atoms with Crippen LogP contribution in [0, 0.1) is 0 Å². The highest BCUT2D eigenvalue weighted by molar-refractivity contribution is 9.10. The predicted octanol–water partition coefficient (Wildman–Crippen LogP) is 3.15. The minimum atomic E-state index is 0.417. The third-order valence-corrected chi connectivity index (χ3v) is 4.23. The van der Waals surface area contributed by atoms with E-state index in [0.717, 1.165) is 28.6 Å². The third kappa shape index (κ3) is 2.32. The molecule has 0 bridgehead atoms. The van der Waals surface area contributed by atoms with E-state index in [1.807, 2.05) is 24.5 Å². The second-order valence-corrected chi connectivity index (χ2v) is 6.10. The monoisotopic (exact) mass is 335 g/mol. The Morgan fingerprint density at radius 1 is 1.32 bits per heavy atom. The van der Waals surface area contributed by atoms with Crippen LogP contribution in [-0.4, -0.2) is 14.5 Å². The molecular formula is C14H14BrN3S. The minimum Gasteiger partial charge on any atom is -0.389 e. The molecule has 19 heavy (non-hydrogen) atoms. The summed E-state index contributed by atoms with van der Waals surface area (Å²) in [4.78, 5) is 4.94. The molecule has 2 N–H and O–H groups in total. The Labute approximate surface area is 126 Å². The summed E-state index contributed by atoms with van der Waals surface area (Å²) in [5.41, 5.74) is 10.2. The van der Waals surface area contributed by atoms with Crippen LogP contribution < -0.4 is 5.73 Å². The van der Waals surface area contributed by atoms with Gasteiger partial charge in [0.1, 0.15) is 4.99 Å². The van der Waals surface area contributed by atoms with Gasteiger partial charge in [-0.05, 0) is 43.9 Å². The zero-order valence-electron chi connectivity index (χ0n) is 10.4. The van der Waals surface area contributed by atoms with Crippen molar-refractivity contribution in [1.29, 1.82) is 0 Å². The van der Waals surface area contributed by atoms with Crippen molar-refractivity contribution < 1.29 is 0 Å². The summed E-state index contributed by atoms with van der Waals surface area (Å²) in [6.45, 7) is 0. The Hall–Kier alpha value is -1.20. The first kappa shape index (κ1) is 12.8. The summed E-state index contributed by atoms with van der Waals surface area (Å²) >= 11 is 8.66. The summed E-state index contributed by atoms with van der Waals surface area (Å²) in [6.07, 6.45) is 6.47. The molecule has 0 saturated carbocycles. The molecule has 0 aliphatic heterocycles. The normalized spacial score (nSPS) is 14.2. The van der Waals surface area contributed by atoms with Crippen LogP contribution in [0.5, 0.6) is 0 Å². The number of nitrogens with zero attached hydrogens (tertiary/aromatic N) is 2. The van der Waals surface area contributed by atoms with Gasteiger partial charge in [0.05, 0.1) is 17.7 Å². The van der Waals surface area contributed by atoms with Crippen molar-refractivity contribution in [3.8, 4) is 5.69 Å². The number of hydrogen-bond acceptors (Lipinski definition) is 2. The van der Waals surface area contributed by atoms with Crippen molar-refractivity contribution in [1.82, 2.24) is 9.55 Å². The number of nitrogens with two attached hydrogens (primary N) is 1. The number of aromatic nitrogens is 2. The maximum atomic E-state index is 5.83. The van der Waals surface area contributed by atoms with Crippen molar-refractivity contribution in [2.45, 2.75) is 25.7 Å². The lowest BCUT2D eigenvalue weighted by molar-refractivity contribution is 0.656. The first-order valence-corrected chi connectivity index (χ1v) is 7.52. The highest BCUT2D eigenvalue weighted by Crippen LogP contribution is 2.27. The summed E-state index contributed by atoms with van der Waals surface area (Å²) in [5, 5.41) is 0. The molecule has 0 radical (unpaired) electrons. The average molecular weight is 336 g/mol. The van der Waals surface area contributed by atoms with Crippen molar-refractivity contribution in [2.75, 3.05) is 0 Å². The first-order chi connectivity index (χ1) is 9.16. The lowest BCUT2D eigenvalue weighted by atomic mass is 10.0. The Morgan fingerprint density at radius 3 is 2.89 bits per heavy atom. The summed E-state index contributed by atoms with van der Waals surface area (Å²) in [7, 11) is 0. The van der Waals surface area contributed by atoms with E-state index in [0.29, 0.717) is 4.99 Å². The first-order valence-electron chi connectivity index (χ1n) is 6.31. The molecule has 1 aromatic carbocycles. The molecule has 2 aromatic rings. The highest BCUT2D eigenvalue weighted by Gasteiger charge is 2.18. The Bertz CT molecular complexity index is 648. The van der Waals surface area contributed by atoms with Gasteiger partial charge in [-0.15, -0.1) is 0 Å². The molecule has 1 aliphatic rings. The van der Waals surface area contributed by atoms with E-state index < -0.39 is 0 Å². The molecule has 1 aliphatic carbocycles. The van der Waals surface area contributed by atoms with Gasteiger partial charge in [0.2, 0.25) is 0 Å². The van der Waals surface area contributed by atoms with Crippen LogP contribution >= 0.6 is 28.1 Å². The summed E-state index contributed by atoms with van der Waals surface area (Å²) in [6, 6.07) is 5.96. The molecule has 1 heterocycles. The van der Waals surface area contributed by atoms with Crippen molar-refractivity contribution in [3.05, 3.63) is 46.0 Å². The molecule has 0 amide bonds. The molecular weight excluding hydrogens is 322 g/mol. The maximum Gasteiger partial charge on any atom is 0.106 e. The molecule has 0 atom stereocenters. The van der Waals surface area contributed by atoms with Crippen LogP contribution in [0.1, 0.15) is 29.8 Å². The number of hydrogen-bond donors (Lipinski definition) is 1. The smallest absolute Gasteiger partial charge is 0.106 e. The van der Waals surface area contributed by atoms with E-state index in [2.05, 4.69) is 25.5 Å². The quantitative estimate of drug-likeness (QED) is 0.857. The molecule has 98 valence electrons. The van der Waals surface area contributed by atoms with Gasteiger partial charge in [-0.1, -0.05) is 28.1 Å². The van der Waals surface area contributed by atoms with E-state index in [1.54, 1.807) is 0 Å². The van der Waals surface area contributed by atoms with Gasteiger partial charge in [0.15, 0.2) is 0 Å². The Balaban J connectivity index is 2.19. The van der Waals surface area contributed by atoms with Gasteiger partial charge in [0.25, 0.3) is 0 Å². The highest BCUT2D eigenvalue weighted by atomic mass is 79.9. The second kappa shape index (κ2) is 5.06. The third-order valence-electron chi connectivity index (χ3n) is 3.51. The lowest BCUT2D eigenvalue weighted by Crippen LogP contribution is -2.15. The molecule has 1 aromatic heterocycles. The number of thiocarbonyl (C=S) groups is 1. The fraction of sp³-hybridized carbons (Fsp3) is 0.286. The number of halogens is 1. The average Bonchev–Trinajstić information content (AvgIpc) is 2.82. The van der Waals surface area contributed by atoms with Gasteiger partial charge in [-0.3, -0.25) is 0 Å². The summed E-state index contributed by atoms with van der Waals surface area (Å²) < 4.78 is 3.15. The van der Waals surface area contributed by atoms with Crippen molar-refractivity contribution >= 4 is 33.1 Å². The zero-order valence-corrected chi connectivity index (χ0v) is 12.8. The van der Waals surface area contributed by atoms with Gasteiger partial charge < -0.3 is 10.3 Å². The SMILES string of the molecule is NC(=S)c1ccc(Br)cc1-n1cnc2c1CCCC2.